The summed E-state index contributed by atoms with van der Waals surface area (Å²) in [5.74, 6) is -0.282. The zero-order valence-corrected chi connectivity index (χ0v) is 16.5. The van der Waals surface area contributed by atoms with Gasteiger partial charge in [0.15, 0.2) is 0 Å². The second kappa shape index (κ2) is 8.68. The highest BCUT2D eigenvalue weighted by atomic mass is 35.5. The normalized spacial score (nSPS) is 12.9. The van der Waals surface area contributed by atoms with Gasteiger partial charge in [-0.3, -0.25) is 4.79 Å². The number of nitrogens with one attached hydrogen (secondary N) is 2. The summed E-state index contributed by atoms with van der Waals surface area (Å²) in [6.07, 6.45) is 2.99. The highest BCUT2D eigenvalue weighted by molar-refractivity contribution is 7.89. The van der Waals surface area contributed by atoms with Gasteiger partial charge < -0.3 is 5.32 Å². The molecule has 1 unspecified atom stereocenters. The van der Waals surface area contributed by atoms with Crippen molar-refractivity contribution >= 4 is 45.2 Å². The van der Waals surface area contributed by atoms with Gasteiger partial charge in [0.2, 0.25) is 15.9 Å². The first-order chi connectivity index (χ1) is 12.2. The molecule has 8 heteroatoms. The third kappa shape index (κ3) is 5.32. The van der Waals surface area contributed by atoms with Gasteiger partial charge in [0.1, 0.15) is 0 Å². The Morgan fingerprint density at radius 2 is 1.73 bits per heavy atom. The van der Waals surface area contributed by atoms with E-state index >= 15 is 0 Å². The molecule has 0 aliphatic rings. The van der Waals surface area contributed by atoms with E-state index in [0.717, 1.165) is 5.56 Å². The van der Waals surface area contributed by atoms with E-state index in [1.807, 2.05) is 6.92 Å². The Hall–Kier alpha value is -1.86. The van der Waals surface area contributed by atoms with Gasteiger partial charge in [-0.25, -0.2) is 13.1 Å². The molecule has 0 radical (unpaired) electrons. The Morgan fingerprint density at radius 3 is 2.31 bits per heavy atom. The smallest absolute Gasteiger partial charge is 0.244 e. The van der Waals surface area contributed by atoms with E-state index in [9.17, 15) is 13.2 Å². The fraction of sp³-hybridized carbons (Fsp3) is 0.167. The van der Waals surface area contributed by atoms with Gasteiger partial charge in [-0.05, 0) is 55.4 Å². The molecule has 0 fully saturated rings. The highest BCUT2D eigenvalue weighted by Crippen LogP contribution is 2.25. The van der Waals surface area contributed by atoms with Crippen LogP contribution >= 0.6 is 23.2 Å². The number of halogens is 2. The zero-order chi connectivity index (χ0) is 19.3. The molecule has 0 aromatic heterocycles. The average Bonchev–Trinajstić information content (AvgIpc) is 2.62. The van der Waals surface area contributed by atoms with Crippen molar-refractivity contribution in [3.63, 3.8) is 0 Å². The second-order valence-corrected chi connectivity index (χ2v) is 8.21. The van der Waals surface area contributed by atoms with Crippen LogP contribution < -0.4 is 10.0 Å². The van der Waals surface area contributed by atoms with Gasteiger partial charge in [0.05, 0.1) is 21.0 Å². The SMILES string of the molecule is CNS(=O)(=O)c1ccc(/C=C/C(=O)NC(C)c2ccc(Cl)c(Cl)c2)cc1. The number of carbonyl (C=O) groups is 1. The van der Waals surface area contributed by atoms with Gasteiger partial charge >= 0.3 is 0 Å². The van der Waals surface area contributed by atoms with Gasteiger partial charge in [-0.2, -0.15) is 0 Å². The molecule has 2 aromatic carbocycles. The first kappa shape index (κ1) is 20.5. The quantitative estimate of drug-likeness (QED) is 0.708. The van der Waals surface area contributed by atoms with Gasteiger partial charge in [0, 0.05) is 6.08 Å². The van der Waals surface area contributed by atoms with Crippen LogP contribution in [-0.2, 0) is 14.8 Å². The van der Waals surface area contributed by atoms with Crippen LogP contribution in [0.4, 0.5) is 0 Å². The van der Waals surface area contributed by atoms with Crippen molar-refractivity contribution in [2.45, 2.75) is 17.9 Å². The molecule has 5 nitrogen and oxygen atoms in total. The fourth-order valence-corrected chi connectivity index (χ4v) is 3.21. The predicted molar refractivity (Wildman–Crippen MR) is 105 cm³/mol. The molecule has 0 bridgehead atoms. The molecule has 1 atom stereocenters. The van der Waals surface area contributed by atoms with Crippen LogP contribution in [0.1, 0.15) is 24.1 Å². The molecular formula is C18H18Cl2N2O3S. The summed E-state index contributed by atoms with van der Waals surface area (Å²) in [7, 11) is -2.12. The molecule has 2 aromatic rings. The van der Waals surface area contributed by atoms with Crippen LogP contribution in [0.15, 0.2) is 53.4 Å². The van der Waals surface area contributed by atoms with Crippen LogP contribution in [0.5, 0.6) is 0 Å². The van der Waals surface area contributed by atoms with Crippen LogP contribution in [-0.4, -0.2) is 21.4 Å². The standard InChI is InChI=1S/C18H18Cl2N2O3S/c1-12(14-6-9-16(19)17(20)11-14)22-18(23)10-5-13-3-7-15(8-4-13)26(24,25)21-2/h3-12,21H,1-2H3,(H,22,23)/b10-5+. The lowest BCUT2D eigenvalue weighted by Crippen LogP contribution is -2.24. The van der Waals surface area contributed by atoms with Crippen molar-refractivity contribution in [2.24, 2.45) is 0 Å². The molecule has 0 aliphatic carbocycles. The number of rotatable bonds is 6. The minimum absolute atomic E-state index is 0.162. The lowest BCUT2D eigenvalue weighted by Gasteiger charge is -2.13. The molecule has 0 heterocycles. The summed E-state index contributed by atoms with van der Waals surface area (Å²) in [5.41, 5.74) is 1.54. The molecule has 2 N–H and O–H groups in total. The lowest BCUT2D eigenvalue weighted by molar-refractivity contribution is -0.117. The van der Waals surface area contributed by atoms with Crippen molar-refractivity contribution in [3.8, 4) is 0 Å². The van der Waals surface area contributed by atoms with Crippen molar-refractivity contribution in [3.05, 3.63) is 69.7 Å². The zero-order valence-electron chi connectivity index (χ0n) is 14.2. The van der Waals surface area contributed by atoms with Crippen molar-refractivity contribution < 1.29 is 13.2 Å². The maximum atomic E-state index is 12.1. The summed E-state index contributed by atoms with van der Waals surface area (Å²) in [4.78, 5) is 12.2. The Labute approximate surface area is 163 Å². The Morgan fingerprint density at radius 1 is 1.08 bits per heavy atom. The number of sulfonamides is 1. The summed E-state index contributed by atoms with van der Waals surface area (Å²) < 4.78 is 25.6. The molecule has 1 amide bonds. The monoisotopic (exact) mass is 412 g/mol. The average molecular weight is 413 g/mol. The molecule has 2 rings (SSSR count). The van der Waals surface area contributed by atoms with E-state index in [1.165, 1.54) is 25.3 Å². The molecule has 0 aliphatic heterocycles. The van der Waals surface area contributed by atoms with Crippen molar-refractivity contribution in [2.75, 3.05) is 7.05 Å². The van der Waals surface area contributed by atoms with E-state index in [-0.39, 0.29) is 16.8 Å². The Balaban J connectivity index is 2.01. The number of amides is 1. The summed E-state index contributed by atoms with van der Waals surface area (Å²) >= 11 is 11.9. The van der Waals surface area contributed by atoms with Gasteiger partial charge in [0.25, 0.3) is 0 Å². The van der Waals surface area contributed by atoms with Crippen LogP contribution in [0, 0.1) is 0 Å². The molecule has 26 heavy (non-hydrogen) atoms. The molecule has 0 saturated carbocycles. The van der Waals surface area contributed by atoms with E-state index in [0.29, 0.717) is 15.6 Å². The molecule has 0 saturated heterocycles. The summed E-state index contributed by atoms with van der Waals surface area (Å²) in [6, 6.07) is 11.1. The third-order valence-corrected chi connectivity index (χ3v) is 5.86. The largest absolute Gasteiger partial charge is 0.346 e. The minimum Gasteiger partial charge on any atom is -0.346 e. The van der Waals surface area contributed by atoms with Crippen LogP contribution in [0.25, 0.3) is 6.08 Å². The number of carbonyl (C=O) groups excluding carboxylic acids is 1. The topological polar surface area (TPSA) is 75.3 Å². The Bertz CT molecular complexity index is 926. The van der Waals surface area contributed by atoms with Crippen LogP contribution in [0.2, 0.25) is 10.0 Å². The Kier molecular flexibility index (Phi) is 6.83. The predicted octanol–water partition coefficient (Wildman–Crippen LogP) is 3.79. The maximum Gasteiger partial charge on any atom is 0.244 e. The summed E-state index contributed by atoms with van der Waals surface area (Å²) in [6.45, 7) is 1.84. The molecule has 0 spiro atoms. The number of hydrogen-bond acceptors (Lipinski definition) is 3. The first-order valence-corrected chi connectivity index (χ1v) is 9.94. The number of hydrogen-bond donors (Lipinski definition) is 2. The van der Waals surface area contributed by atoms with E-state index < -0.39 is 10.0 Å². The fourth-order valence-electron chi connectivity index (χ4n) is 2.17. The number of benzene rings is 2. The highest BCUT2D eigenvalue weighted by Gasteiger charge is 2.11. The van der Waals surface area contributed by atoms with E-state index in [4.69, 9.17) is 23.2 Å². The van der Waals surface area contributed by atoms with E-state index in [1.54, 1.807) is 36.4 Å². The van der Waals surface area contributed by atoms with Crippen molar-refractivity contribution in [1.82, 2.24) is 10.0 Å². The van der Waals surface area contributed by atoms with Crippen molar-refractivity contribution in [1.29, 1.82) is 0 Å². The van der Waals surface area contributed by atoms with E-state index in [2.05, 4.69) is 10.0 Å². The van der Waals surface area contributed by atoms with Crippen LogP contribution in [0.3, 0.4) is 0 Å². The van der Waals surface area contributed by atoms with Gasteiger partial charge in [-0.1, -0.05) is 41.4 Å². The minimum atomic E-state index is -3.47. The first-order valence-electron chi connectivity index (χ1n) is 7.70. The molecule has 138 valence electrons. The van der Waals surface area contributed by atoms with Gasteiger partial charge in [-0.15, -0.1) is 0 Å². The second-order valence-electron chi connectivity index (χ2n) is 5.51. The lowest BCUT2D eigenvalue weighted by atomic mass is 10.1. The summed E-state index contributed by atoms with van der Waals surface area (Å²) in [5, 5.41) is 3.71. The maximum absolute atomic E-state index is 12.1. The third-order valence-electron chi connectivity index (χ3n) is 3.69. The molecular weight excluding hydrogens is 395 g/mol.